The molecule has 0 amide bonds. The second-order valence-corrected chi connectivity index (χ2v) is 6.86. The van der Waals surface area contributed by atoms with Gasteiger partial charge in [-0.25, -0.2) is 4.98 Å². The maximum Gasteiger partial charge on any atom is 0.311 e. The molecule has 2 rings (SSSR count). The molecular formula is C16H24N2O2S. The van der Waals surface area contributed by atoms with Crippen molar-refractivity contribution in [2.75, 3.05) is 6.61 Å². The first-order chi connectivity index (χ1) is 9.93. The Kier molecular flexibility index (Phi) is 5.04. The minimum Gasteiger partial charge on any atom is -0.466 e. The zero-order chi connectivity index (χ0) is 15.6. The molecule has 0 aromatic carbocycles. The lowest BCUT2D eigenvalue weighted by Crippen LogP contribution is -2.11. The Morgan fingerprint density at radius 2 is 2.10 bits per heavy atom. The minimum absolute atomic E-state index is 0.175. The van der Waals surface area contributed by atoms with Gasteiger partial charge in [-0.15, -0.1) is 11.3 Å². The third kappa shape index (κ3) is 3.46. The molecule has 0 unspecified atom stereocenters. The molecule has 0 N–H and O–H groups in total. The lowest BCUT2D eigenvalue weighted by atomic mass is 10.0. The zero-order valence-corrected chi connectivity index (χ0v) is 14.3. The number of carbonyl (C=O) groups excluding carboxylic acids is 1. The third-order valence-corrected chi connectivity index (χ3v) is 4.20. The van der Waals surface area contributed by atoms with Gasteiger partial charge >= 0.3 is 5.97 Å². The Labute approximate surface area is 130 Å². The van der Waals surface area contributed by atoms with E-state index in [4.69, 9.17) is 9.72 Å². The number of hydrogen-bond donors (Lipinski definition) is 0. The monoisotopic (exact) mass is 308 g/mol. The van der Waals surface area contributed by atoms with E-state index in [-0.39, 0.29) is 5.97 Å². The molecule has 0 fully saturated rings. The van der Waals surface area contributed by atoms with Crippen molar-refractivity contribution in [1.82, 2.24) is 9.38 Å². The van der Waals surface area contributed by atoms with Crippen LogP contribution in [0.5, 0.6) is 0 Å². The fraction of sp³-hybridized carbons (Fsp3) is 0.625. The SMILES string of the molecule is CCOC(=O)Cc1csc2nc(CC(C)C)c(C(C)C)n12. The molecule has 0 bridgehead atoms. The predicted octanol–water partition coefficient (Wildman–Crippen LogP) is 3.82. The minimum atomic E-state index is -0.175. The van der Waals surface area contributed by atoms with Crippen molar-refractivity contribution < 1.29 is 9.53 Å². The Hall–Kier alpha value is -1.36. The van der Waals surface area contributed by atoms with E-state index < -0.39 is 0 Å². The van der Waals surface area contributed by atoms with Crippen LogP contribution in [-0.2, 0) is 22.4 Å². The zero-order valence-electron chi connectivity index (χ0n) is 13.5. The highest BCUT2D eigenvalue weighted by molar-refractivity contribution is 7.15. The van der Waals surface area contributed by atoms with Crippen LogP contribution in [0, 0.1) is 5.92 Å². The number of aromatic nitrogens is 2. The molecule has 0 saturated carbocycles. The van der Waals surface area contributed by atoms with Gasteiger partial charge in [0.1, 0.15) is 0 Å². The number of imidazole rings is 1. The third-order valence-electron chi connectivity index (χ3n) is 3.33. The highest BCUT2D eigenvalue weighted by atomic mass is 32.1. The molecule has 116 valence electrons. The van der Waals surface area contributed by atoms with Crippen LogP contribution >= 0.6 is 11.3 Å². The largest absolute Gasteiger partial charge is 0.466 e. The van der Waals surface area contributed by atoms with Gasteiger partial charge in [0.2, 0.25) is 0 Å². The molecule has 0 radical (unpaired) electrons. The Balaban J connectivity index is 2.44. The number of esters is 1. The van der Waals surface area contributed by atoms with E-state index >= 15 is 0 Å². The Morgan fingerprint density at radius 1 is 1.38 bits per heavy atom. The quantitative estimate of drug-likeness (QED) is 0.762. The lowest BCUT2D eigenvalue weighted by Gasteiger charge is -2.11. The van der Waals surface area contributed by atoms with Crippen LogP contribution in [0.25, 0.3) is 4.96 Å². The van der Waals surface area contributed by atoms with Gasteiger partial charge in [-0.1, -0.05) is 27.7 Å². The van der Waals surface area contributed by atoms with Crippen molar-refractivity contribution in [1.29, 1.82) is 0 Å². The van der Waals surface area contributed by atoms with E-state index in [1.165, 1.54) is 5.69 Å². The van der Waals surface area contributed by atoms with Crippen LogP contribution in [-0.4, -0.2) is 22.0 Å². The van der Waals surface area contributed by atoms with E-state index in [0.717, 1.165) is 22.8 Å². The van der Waals surface area contributed by atoms with Gasteiger partial charge in [0, 0.05) is 16.8 Å². The van der Waals surface area contributed by atoms with E-state index in [2.05, 4.69) is 32.1 Å². The summed E-state index contributed by atoms with van der Waals surface area (Å²) in [7, 11) is 0. The van der Waals surface area contributed by atoms with E-state index in [9.17, 15) is 4.79 Å². The molecule has 0 saturated heterocycles. The van der Waals surface area contributed by atoms with Crippen molar-refractivity contribution in [3.8, 4) is 0 Å². The molecule has 2 aromatic rings. The van der Waals surface area contributed by atoms with Crippen LogP contribution < -0.4 is 0 Å². The molecule has 0 aliphatic heterocycles. The van der Waals surface area contributed by atoms with Crippen molar-refractivity contribution >= 4 is 22.3 Å². The summed E-state index contributed by atoms with van der Waals surface area (Å²) < 4.78 is 7.22. The molecule has 5 heteroatoms. The summed E-state index contributed by atoms with van der Waals surface area (Å²) in [6.07, 6.45) is 1.28. The van der Waals surface area contributed by atoms with Gasteiger partial charge in [-0.2, -0.15) is 0 Å². The normalized spacial score (nSPS) is 11.8. The Bertz CT molecular complexity index is 626. The first-order valence-corrected chi connectivity index (χ1v) is 8.45. The molecule has 0 spiro atoms. The average molecular weight is 308 g/mol. The summed E-state index contributed by atoms with van der Waals surface area (Å²) in [5.41, 5.74) is 3.39. The standard InChI is InChI=1S/C16H24N2O2S/c1-6-20-14(19)8-12-9-21-16-17-13(7-10(2)3)15(11(4)5)18(12)16/h9-11H,6-8H2,1-5H3. The van der Waals surface area contributed by atoms with Gasteiger partial charge in [-0.3, -0.25) is 9.20 Å². The Morgan fingerprint density at radius 3 is 2.67 bits per heavy atom. The number of carbonyl (C=O) groups is 1. The second-order valence-electron chi connectivity index (χ2n) is 6.02. The van der Waals surface area contributed by atoms with Crippen LogP contribution in [0.4, 0.5) is 0 Å². The molecule has 0 aliphatic rings. The first-order valence-electron chi connectivity index (χ1n) is 7.57. The van der Waals surface area contributed by atoms with Crippen molar-refractivity contribution in [2.45, 2.75) is 53.4 Å². The van der Waals surface area contributed by atoms with Crippen LogP contribution in [0.2, 0.25) is 0 Å². The molecule has 0 aliphatic carbocycles. The molecule has 4 nitrogen and oxygen atoms in total. The number of ether oxygens (including phenoxy) is 1. The molecule has 21 heavy (non-hydrogen) atoms. The number of thiazole rings is 1. The maximum absolute atomic E-state index is 11.8. The molecular weight excluding hydrogens is 284 g/mol. The highest BCUT2D eigenvalue weighted by Gasteiger charge is 2.20. The molecule has 2 heterocycles. The smallest absolute Gasteiger partial charge is 0.311 e. The number of fused-ring (bicyclic) bond motifs is 1. The fourth-order valence-electron chi connectivity index (χ4n) is 2.59. The van der Waals surface area contributed by atoms with Gasteiger partial charge in [0.15, 0.2) is 4.96 Å². The topological polar surface area (TPSA) is 43.6 Å². The van der Waals surface area contributed by atoms with Gasteiger partial charge in [0.05, 0.1) is 18.7 Å². The summed E-state index contributed by atoms with van der Waals surface area (Å²) in [5, 5.41) is 2.02. The van der Waals surface area contributed by atoms with Gasteiger partial charge < -0.3 is 4.74 Å². The second kappa shape index (κ2) is 6.60. The van der Waals surface area contributed by atoms with E-state index in [1.807, 2.05) is 12.3 Å². The summed E-state index contributed by atoms with van der Waals surface area (Å²) >= 11 is 1.60. The van der Waals surface area contributed by atoms with Crippen LogP contribution in [0.1, 0.15) is 57.6 Å². The first kappa shape index (κ1) is 16.0. The van der Waals surface area contributed by atoms with Gasteiger partial charge in [-0.05, 0) is 25.2 Å². The maximum atomic E-state index is 11.8. The van der Waals surface area contributed by atoms with Crippen molar-refractivity contribution in [3.05, 3.63) is 22.5 Å². The van der Waals surface area contributed by atoms with Crippen LogP contribution in [0.3, 0.4) is 0 Å². The van der Waals surface area contributed by atoms with Crippen molar-refractivity contribution in [3.63, 3.8) is 0 Å². The number of hydrogen-bond acceptors (Lipinski definition) is 4. The average Bonchev–Trinajstić information content (AvgIpc) is 2.88. The summed E-state index contributed by atoms with van der Waals surface area (Å²) in [4.78, 5) is 17.5. The number of nitrogens with zero attached hydrogens (tertiary/aromatic N) is 2. The van der Waals surface area contributed by atoms with Gasteiger partial charge in [0.25, 0.3) is 0 Å². The molecule has 2 aromatic heterocycles. The van der Waals surface area contributed by atoms with Crippen LogP contribution in [0.15, 0.2) is 5.38 Å². The number of rotatable bonds is 6. The summed E-state index contributed by atoms with van der Waals surface area (Å²) in [6, 6.07) is 0. The van der Waals surface area contributed by atoms with E-state index in [0.29, 0.717) is 24.9 Å². The summed E-state index contributed by atoms with van der Waals surface area (Å²) in [5.74, 6) is 0.774. The predicted molar refractivity (Wildman–Crippen MR) is 86.0 cm³/mol. The van der Waals surface area contributed by atoms with Crippen molar-refractivity contribution in [2.24, 2.45) is 5.92 Å². The van der Waals surface area contributed by atoms with E-state index in [1.54, 1.807) is 11.3 Å². The summed E-state index contributed by atoms with van der Waals surface area (Å²) in [6.45, 7) is 11.0. The highest BCUT2D eigenvalue weighted by Crippen LogP contribution is 2.28. The fourth-order valence-corrected chi connectivity index (χ4v) is 3.51. The lowest BCUT2D eigenvalue weighted by molar-refractivity contribution is -0.142. The molecule has 0 atom stereocenters.